The summed E-state index contributed by atoms with van der Waals surface area (Å²) >= 11 is 0. The highest BCUT2D eigenvalue weighted by Gasteiger charge is 2.38. The van der Waals surface area contributed by atoms with E-state index in [1.807, 2.05) is 0 Å². The average molecular weight is 180 g/mol. The van der Waals surface area contributed by atoms with Crippen LogP contribution in [-0.2, 0) is 0 Å². The molecule has 0 rings (SSSR count). The van der Waals surface area contributed by atoms with Crippen LogP contribution < -0.4 is 5.73 Å². The maximum atomic E-state index is 9.05. The van der Waals surface area contributed by atoms with Crippen molar-refractivity contribution in [2.45, 2.75) is 25.7 Å². The molecule has 0 bridgehead atoms. The first kappa shape index (κ1) is 11.8. The second-order valence-corrected chi connectivity index (χ2v) is 2.88. The molecule has 74 valence electrons. The fourth-order valence-corrected chi connectivity index (χ4v) is 0.954. The molecule has 0 aliphatic carbocycles. The molecule has 0 saturated carbocycles. The van der Waals surface area contributed by atoms with E-state index in [0.29, 0.717) is 4.90 Å². The van der Waals surface area contributed by atoms with Crippen LogP contribution in [0.5, 0.6) is 0 Å². The Labute approximate surface area is 70.8 Å². The highest BCUT2D eigenvalue weighted by Crippen LogP contribution is 2.16. The molecule has 0 aromatic heterocycles. The van der Waals surface area contributed by atoms with Crippen LogP contribution in [-0.4, -0.2) is 50.2 Å². The molecule has 0 unspecified atom stereocenters. The summed E-state index contributed by atoms with van der Waals surface area (Å²) in [4.78, 5) is 0.653. The van der Waals surface area contributed by atoms with Gasteiger partial charge in [-0.15, -0.1) is 0 Å². The summed E-state index contributed by atoms with van der Waals surface area (Å²) in [6.07, 6.45) is 0. The van der Waals surface area contributed by atoms with E-state index in [1.165, 1.54) is 0 Å². The minimum atomic E-state index is -2.29. The Morgan fingerprint density at radius 2 is 1.42 bits per heavy atom. The van der Waals surface area contributed by atoms with Gasteiger partial charge in [-0.1, -0.05) is 0 Å². The van der Waals surface area contributed by atoms with Gasteiger partial charge in [0.25, 0.3) is 0 Å². The maximum Gasteiger partial charge on any atom is 0.226 e. The lowest BCUT2D eigenvalue weighted by molar-refractivity contribution is -0.369. The topological polar surface area (TPSA) is 110 Å². The van der Waals surface area contributed by atoms with Crippen LogP contribution in [0.4, 0.5) is 0 Å². The summed E-state index contributed by atoms with van der Waals surface area (Å²) in [6, 6.07) is 0. The van der Waals surface area contributed by atoms with Gasteiger partial charge in [0, 0.05) is 26.9 Å². The Kier molecular flexibility index (Phi) is 3.58. The molecule has 0 aromatic rings. The van der Waals surface area contributed by atoms with Crippen molar-refractivity contribution in [2.24, 2.45) is 5.73 Å². The Bertz CT molecular complexity index is 123. The van der Waals surface area contributed by atoms with E-state index in [0.717, 1.165) is 13.8 Å². The van der Waals surface area contributed by atoms with Gasteiger partial charge >= 0.3 is 0 Å². The van der Waals surface area contributed by atoms with E-state index in [9.17, 15) is 0 Å². The van der Waals surface area contributed by atoms with Crippen molar-refractivity contribution >= 4 is 0 Å². The Morgan fingerprint density at radius 3 is 1.50 bits per heavy atom. The van der Waals surface area contributed by atoms with Gasteiger partial charge in [0.1, 0.15) is 0 Å². The molecule has 6 heteroatoms. The van der Waals surface area contributed by atoms with Crippen LogP contribution in [0.15, 0.2) is 0 Å². The zero-order valence-electron chi connectivity index (χ0n) is 7.23. The predicted molar refractivity (Wildman–Crippen MR) is 41.4 cm³/mol. The Balaban J connectivity index is 4.45. The Morgan fingerprint density at radius 1 is 1.08 bits per heavy atom. The van der Waals surface area contributed by atoms with Crippen molar-refractivity contribution < 1.29 is 20.4 Å². The monoisotopic (exact) mass is 180 g/mol. The first-order valence-electron chi connectivity index (χ1n) is 3.57. The molecule has 0 radical (unpaired) electrons. The van der Waals surface area contributed by atoms with Crippen molar-refractivity contribution in [2.75, 3.05) is 13.1 Å². The normalized spacial score (nSPS) is 14.0. The van der Waals surface area contributed by atoms with Crippen LogP contribution in [0, 0.1) is 0 Å². The van der Waals surface area contributed by atoms with Crippen molar-refractivity contribution in [1.82, 2.24) is 4.90 Å². The second-order valence-electron chi connectivity index (χ2n) is 2.88. The van der Waals surface area contributed by atoms with Crippen molar-refractivity contribution in [3.8, 4) is 0 Å². The van der Waals surface area contributed by atoms with Crippen LogP contribution in [0.2, 0.25) is 0 Å². The highest BCUT2D eigenvalue weighted by atomic mass is 16.6. The summed E-state index contributed by atoms with van der Waals surface area (Å²) in [5, 5.41) is 36.2. The third-order valence-electron chi connectivity index (χ3n) is 1.38. The first-order valence-corrected chi connectivity index (χ1v) is 3.57. The minimum Gasteiger partial charge on any atom is -0.353 e. The van der Waals surface area contributed by atoms with Gasteiger partial charge in [-0.25, -0.2) is 0 Å². The van der Waals surface area contributed by atoms with Crippen LogP contribution in [0.3, 0.4) is 0 Å². The van der Waals surface area contributed by atoms with Crippen molar-refractivity contribution in [1.29, 1.82) is 0 Å². The van der Waals surface area contributed by atoms with E-state index in [1.54, 1.807) is 0 Å². The molecular formula is C6H16N2O4. The summed E-state index contributed by atoms with van der Waals surface area (Å²) in [7, 11) is 0. The van der Waals surface area contributed by atoms with Gasteiger partial charge in [0.15, 0.2) is 0 Å². The molecule has 0 amide bonds. The molecule has 0 aliphatic heterocycles. The lowest BCUT2D eigenvalue weighted by Crippen LogP contribution is -2.59. The van der Waals surface area contributed by atoms with Crippen molar-refractivity contribution in [3.63, 3.8) is 0 Å². The number of nitrogens with two attached hydrogens (primary N) is 1. The quantitative estimate of drug-likeness (QED) is 0.307. The lowest BCUT2D eigenvalue weighted by Gasteiger charge is -2.38. The largest absolute Gasteiger partial charge is 0.353 e. The molecule has 12 heavy (non-hydrogen) atoms. The standard InChI is InChI=1S/C6H16N2O4/c1-5(9,10)8(4-3-7)6(2,11)12/h9-12H,3-4,7H2,1-2H3. The van der Waals surface area contributed by atoms with E-state index in [4.69, 9.17) is 26.2 Å². The van der Waals surface area contributed by atoms with E-state index in [2.05, 4.69) is 0 Å². The molecule has 0 aliphatic rings. The maximum absolute atomic E-state index is 9.05. The second kappa shape index (κ2) is 3.65. The van der Waals surface area contributed by atoms with E-state index in [-0.39, 0.29) is 13.1 Å². The molecule has 0 fully saturated rings. The molecule has 0 atom stereocenters. The number of rotatable bonds is 4. The Hall–Kier alpha value is -0.240. The minimum absolute atomic E-state index is 0.0347. The number of nitrogens with zero attached hydrogens (tertiary/aromatic N) is 1. The SMILES string of the molecule is CC(O)(O)N(CCN)C(C)(O)O. The van der Waals surface area contributed by atoms with Crippen LogP contribution in [0.25, 0.3) is 0 Å². The van der Waals surface area contributed by atoms with E-state index >= 15 is 0 Å². The zero-order valence-corrected chi connectivity index (χ0v) is 7.23. The van der Waals surface area contributed by atoms with E-state index < -0.39 is 11.8 Å². The van der Waals surface area contributed by atoms with Gasteiger partial charge in [-0.2, -0.15) is 4.90 Å². The summed E-state index contributed by atoms with van der Waals surface area (Å²) < 4.78 is 0. The third kappa shape index (κ3) is 3.44. The lowest BCUT2D eigenvalue weighted by atomic mass is 10.3. The molecule has 0 aromatic carbocycles. The molecular weight excluding hydrogens is 164 g/mol. The fourth-order valence-electron chi connectivity index (χ4n) is 0.954. The molecule has 6 nitrogen and oxygen atoms in total. The zero-order chi connectivity index (χ0) is 9.99. The van der Waals surface area contributed by atoms with Crippen LogP contribution >= 0.6 is 0 Å². The highest BCUT2D eigenvalue weighted by molar-refractivity contribution is 4.69. The number of hydrogen-bond donors (Lipinski definition) is 5. The third-order valence-corrected chi connectivity index (χ3v) is 1.38. The fraction of sp³-hybridized carbons (Fsp3) is 1.00. The predicted octanol–water partition coefficient (Wildman–Crippen LogP) is -2.44. The smallest absolute Gasteiger partial charge is 0.226 e. The molecule has 6 N–H and O–H groups in total. The van der Waals surface area contributed by atoms with Crippen LogP contribution in [0.1, 0.15) is 13.8 Å². The number of aliphatic hydroxyl groups is 4. The molecule has 0 heterocycles. The summed E-state index contributed by atoms with van der Waals surface area (Å²) in [5.41, 5.74) is 5.14. The summed E-state index contributed by atoms with van der Waals surface area (Å²) in [5.74, 6) is -4.59. The van der Waals surface area contributed by atoms with Gasteiger partial charge in [0.2, 0.25) is 11.8 Å². The average Bonchev–Trinajstić information content (AvgIpc) is 1.77. The molecule has 0 spiro atoms. The number of hydrogen-bond acceptors (Lipinski definition) is 6. The van der Waals surface area contributed by atoms with Gasteiger partial charge in [-0.3, -0.25) is 0 Å². The van der Waals surface area contributed by atoms with Crippen molar-refractivity contribution in [3.05, 3.63) is 0 Å². The summed E-state index contributed by atoms with van der Waals surface area (Å²) in [6.45, 7) is 2.10. The van der Waals surface area contributed by atoms with Gasteiger partial charge in [0.05, 0.1) is 0 Å². The van der Waals surface area contributed by atoms with Gasteiger partial charge < -0.3 is 26.2 Å². The van der Waals surface area contributed by atoms with Gasteiger partial charge in [-0.05, 0) is 0 Å². The molecule has 0 saturated heterocycles. The first-order chi connectivity index (χ1) is 5.19.